The average Bonchev–Trinajstić information content (AvgIpc) is 2.41. The molecule has 0 saturated carbocycles. The highest BCUT2D eigenvalue weighted by Crippen LogP contribution is 2.29. The van der Waals surface area contributed by atoms with E-state index < -0.39 is 0 Å². The van der Waals surface area contributed by atoms with E-state index in [1.165, 1.54) is 32.5 Å². The van der Waals surface area contributed by atoms with E-state index in [0.29, 0.717) is 6.04 Å². The second-order valence-corrected chi connectivity index (χ2v) is 5.38. The molecular weight excluding hydrogens is 224 g/mol. The molecular formula is C14H22N4. The summed E-state index contributed by atoms with van der Waals surface area (Å²) in [7, 11) is 0. The van der Waals surface area contributed by atoms with Gasteiger partial charge in [-0.2, -0.15) is 0 Å². The molecule has 0 spiro atoms. The van der Waals surface area contributed by atoms with Crippen molar-refractivity contribution in [3.63, 3.8) is 0 Å². The summed E-state index contributed by atoms with van der Waals surface area (Å²) in [5.74, 6) is 0.845. The number of hydrogen-bond donors (Lipinski definition) is 2. The van der Waals surface area contributed by atoms with Gasteiger partial charge in [-0.05, 0) is 44.8 Å². The Labute approximate surface area is 109 Å². The summed E-state index contributed by atoms with van der Waals surface area (Å²) in [6, 6.07) is 2.76. The molecule has 0 aliphatic carbocycles. The van der Waals surface area contributed by atoms with Gasteiger partial charge in [-0.15, -0.1) is 0 Å². The summed E-state index contributed by atoms with van der Waals surface area (Å²) in [4.78, 5) is 6.86. The molecule has 3 aliphatic heterocycles. The highest BCUT2D eigenvalue weighted by atomic mass is 15.2. The highest BCUT2D eigenvalue weighted by Gasteiger charge is 2.33. The zero-order chi connectivity index (χ0) is 12.4. The number of rotatable bonds is 4. The molecule has 3 saturated heterocycles. The summed E-state index contributed by atoms with van der Waals surface area (Å²) in [6.07, 6.45) is 6.50. The molecule has 0 radical (unpaired) electrons. The summed E-state index contributed by atoms with van der Waals surface area (Å²) >= 11 is 0. The van der Waals surface area contributed by atoms with Gasteiger partial charge in [-0.1, -0.05) is 0 Å². The van der Waals surface area contributed by atoms with E-state index in [1.807, 2.05) is 12.4 Å². The fraction of sp³-hybridized carbons (Fsp3) is 0.643. The van der Waals surface area contributed by atoms with Gasteiger partial charge >= 0.3 is 0 Å². The fourth-order valence-corrected chi connectivity index (χ4v) is 3.16. The van der Waals surface area contributed by atoms with Crippen molar-refractivity contribution in [1.82, 2.24) is 9.88 Å². The molecule has 2 N–H and O–H groups in total. The van der Waals surface area contributed by atoms with Gasteiger partial charge in [-0.3, -0.25) is 4.98 Å². The maximum absolute atomic E-state index is 4.29. The molecule has 3 fully saturated rings. The molecule has 0 aromatic carbocycles. The first kappa shape index (κ1) is 11.8. The van der Waals surface area contributed by atoms with Crippen molar-refractivity contribution in [3.05, 3.63) is 18.5 Å². The normalized spacial score (nSPS) is 30.2. The van der Waals surface area contributed by atoms with Gasteiger partial charge in [0.05, 0.1) is 23.8 Å². The molecule has 3 aliphatic rings. The minimum absolute atomic E-state index is 0.603. The predicted molar refractivity (Wildman–Crippen MR) is 75.0 cm³/mol. The van der Waals surface area contributed by atoms with Crippen LogP contribution in [0.25, 0.3) is 0 Å². The van der Waals surface area contributed by atoms with E-state index in [0.717, 1.165) is 23.8 Å². The Bertz CT molecular complexity index is 399. The SMILES string of the molecule is CCNc1cncc(NC2CN3CCC2CC3)c1. The number of pyridine rings is 1. The molecule has 1 aromatic heterocycles. The van der Waals surface area contributed by atoms with Crippen molar-refractivity contribution >= 4 is 11.4 Å². The Kier molecular flexibility index (Phi) is 3.37. The van der Waals surface area contributed by atoms with Crippen molar-refractivity contribution in [2.45, 2.75) is 25.8 Å². The number of piperidine rings is 3. The van der Waals surface area contributed by atoms with Crippen LogP contribution in [0.1, 0.15) is 19.8 Å². The molecule has 4 heterocycles. The summed E-state index contributed by atoms with van der Waals surface area (Å²) < 4.78 is 0. The van der Waals surface area contributed by atoms with Crippen molar-refractivity contribution < 1.29 is 0 Å². The molecule has 2 bridgehead atoms. The Morgan fingerprint density at radius 1 is 1.28 bits per heavy atom. The molecule has 1 aromatic rings. The third kappa shape index (κ3) is 2.43. The lowest BCUT2D eigenvalue weighted by atomic mass is 9.84. The first-order chi connectivity index (χ1) is 8.85. The minimum atomic E-state index is 0.603. The van der Waals surface area contributed by atoms with E-state index in [4.69, 9.17) is 0 Å². The molecule has 18 heavy (non-hydrogen) atoms. The van der Waals surface area contributed by atoms with Gasteiger partial charge < -0.3 is 15.5 Å². The van der Waals surface area contributed by atoms with Crippen molar-refractivity contribution in [2.24, 2.45) is 5.92 Å². The van der Waals surface area contributed by atoms with Crippen molar-refractivity contribution in [3.8, 4) is 0 Å². The van der Waals surface area contributed by atoms with Gasteiger partial charge in [0.1, 0.15) is 0 Å². The smallest absolute Gasteiger partial charge is 0.0550 e. The Balaban J connectivity index is 1.67. The number of nitrogens with zero attached hydrogens (tertiary/aromatic N) is 2. The minimum Gasteiger partial charge on any atom is -0.384 e. The second-order valence-electron chi connectivity index (χ2n) is 5.38. The zero-order valence-electron chi connectivity index (χ0n) is 11.0. The first-order valence-corrected chi connectivity index (χ1v) is 7.03. The lowest BCUT2D eigenvalue weighted by Crippen LogP contribution is -2.53. The van der Waals surface area contributed by atoms with Crippen LogP contribution in [-0.2, 0) is 0 Å². The van der Waals surface area contributed by atoms with E-state index in [9.17, 15) is 0 Å². The molecule has 4 heteroatoms. The zero-order valence-corrected chi connectivity index (χ0v) is 11.0. The van der Waals surface area contributed by atoms with Gasteiger partial charge in [0, 0.05) is 19.1 Å². The molecule has 4 rings (SSSR count). The standard InChI is InChI=1S/C14H22N4/c1-2-16-12-7-13(9-15-8-12)17-14-10-18-5-3-11(14)4-6-18/h7-9,11,14,16-17H,2-6,10H2,1H3. The number of aromatic nitrogens is 1. The molecule has 1 atom stereocenters. The van der Waals surface area contributed by atoms with Gasteiger partial charge in [0.2, 0.25) is 0 Å². The van der Waals surface area contributed by atoms with Crippen LogP contribution in [0.5, 0.6) is 0 Å². The van der Waals surface area contributed by atoms with E-state index in [2.05, 4.69) is 33.5 Å². The lowest BCUT2D eigenvalue weighted by Gasteiger charge is -2.45. The van der Waals surface area contributed by atoms with E-state index >= 15 is 0 Å². The third-order valence-electron chi connectivity index (χ3n) is 4.13. The van der Waals surface area contributed by atoms with Crippen LogP contribution in [0.2, 0.25) is 0 Å². The highest BCUT2D eigenvalue weighted by molar-refractivity contribution is 5.54. The molecule has 0 amide bonds. The van der Waals surface area contributed by atoms with Crippen molar-refractivity contribution in [2.75, 3.05) is 36.8 Å². The number of fused-ring (bicyclic) bond motifs is 3. The van der Waals surface area contributed by atoms with Gasteiger partial charge in [0.15, 0.2) is 0 Å². The maximum atomic E-state index is 4.29. The lowest BCUT2D eigenvalue weighted by molar-refractivity contribution is 0.0975. The second kappa shape index (κ2) is 5.14. The van der Waals surface area contributed by atoms with Crippen LogP contribution in [0, 0.1) is 5.92 Å². The average molecular weight is 246 g/mol. The van der Waals surface area contributed by atoms with Crippen LogP contribution in [0.3, 0.4) is 0 Å². The van der Waals surface area contributed by atoms with Crippen LogP contribution >= 0.6 is 0 Å². The van der Waals surface area contributed by atoms with Crippen molar-refractivity contribution in [1.29, 1.82) is 0 Å². The Morgan fingerprint density at radius 3 is 2.72 bits per heavy atom. The monoisotopic (exact) mass is 246 g/mol. The topological polar surface area (TPSA) is 40.2 Å². The Hall–Kier alpha value is -1.29. The molecule has 1 unspecified atom stereocenters. The molecule has 98 valence electrons. The van der Waals surface area contributed by atoms with Gasteiger partial charge in [-0.25, -0.2) is 0 Å². The van der Waals surface area contributed by atoms with Crippen LogP contribution in [0.4, 0.5) is 11.4 Å². The number of anilines is 2. The third-order valence-corrected chi connectivity index (χ3v) is 4.13. The molecule has 4 nitrogen and oxygen atoms in total. The van der Waals surface area contributed by atoms with Crippen LogP contribution in [0.15, 0.2) is 18.5 Å². The van der Waals surface area contributed by atoms with E-state index in [-0.39, 0.29) is 0 Å². The van der Waals surface area contributed by atoms with Crippen LogP contribution < -0.4 is 10.6 Å². The quantitative estimate of drug-likeness (QED) is 0.852. The number of nitrogens with one attached hydrogen (secondary N) is 2. The summed E-state index contributed by atoms with van der Waals surface area (Å²) in [6.45, 7) is 6.81. The first-order valence-electron chi connectivity index (χ1n) is 7.03. The summed E-state index contributed by atoms with van der Waals surface area (Å²) in [5.41, 5.74) is 2.25. The maximum Gasteiger partial charge on any atom is 0.0550 e. The number of hydrogen-bond acceptors (Lipinski definition) is 4. The largest absolute Gasteiger partial charge is 0.384 e. The Morgan fingerprint density at radius 2 is 2.06 bits per heavy atom. The fourth-order valence-electron chi connectivity index (χ4n) is 3.16. The van der Waals surface area contributed by atoms with Crippen LogP contribution in [-0.4, -0.2) is 42.1 Å². The summed E-state index contributed by atoms with van der Waals surface area (Å²) in [5, 5.41) is 6.97. The van der Waals surface area contributed by atoms with E-state index in [1.54, 1.807) is 0 Å². The predicted octanol–water partition coefficient (Wildman–Crippen LogP) is 2.02. The van der Waals surface area contributed by atoms with Gasteiger partial charge in [0.25, 0.3) is 0 Å².